The molecule has 2 atom stereocenters. The highest BCUT2D eigenvalue weighted by molar-refractivity contribution is 6.14. The minimum Gasteiger partial charge on any atom is -0.386 e. The molecule has 3 heteroatoms. The first-order valence-corrected chi connectivity index (χ1v) is 4.36. The first-order valence-electron chi connectivity index (χ1n) is 4.36. The van der Waals surface area contributed by atoms with Crippen molar-refractivity contribution < 1.29 is 14.3 Å². The first kappa shape index (κ1) is 7.06. The Kier molecular flexibility index (Phi) is 1.04. The number of cyclic esters (lactones) is 2. The molecule has 0 spiro atoms. The van der Waals surface area contributed by atoms with Gasteiger partial charge in [-0.3, -0.25) is 0 Å². The van der Waals surface area contributed by atoms with Gasteiger partial charge in [0.25, 0.3) is 0 Å². The minimum absolute atomic E-state index is 0.110. The molecule has 13 heavy (non-hydrogen) atoms. The zero-order valence-electron chi connectivity index (χ0n) is 7.00. The van der Waals surface area contributed by atoms with Gasteiger partial charge >= 0.3 is 11.9 Å². The summed E-state index contributed by atoms with van der Waals surface area (Å²) in [6.07, 6.45) is 1.75. The third-order valence-corrected chi connectivity index (χ3v) is 3.19. The Hall–Kier alpha value is -1.38. The second-order valence-electron chi connectivity index (χ2n) is 3.85. The molecule has 2 unspecified atom stereocenters. The fraction of sp³-hybridized carbons (Fsp3) is 0.400. The van der Waals surface area contributed by atoms with Crippen molar-refractivity contribution in [1.82, 2.24) is 0 Å². The molecular formula is C10H8O3. The van der Waals surface area contributed by atoms with Crippen LogP contribution in [0.4, 0.5) is 0 Å². The topological polar surface area (TPSA) is 43.4 Å². The Labute approximate surface area is 75.1 Å². The van der Waals surface area contributed by atoms with Crippen molar-refractivity contribution in [3.63, 3.8) is 0 Å². The van der Waals surface area contributed by atoms with Gasteiger partial charge in [0.1, 0.15) is 0 Å². The number of ether oxygens (including phenoxy) is 1. The molecule has 2 bridgehead atoms. The smallest absolute Gasteiger partial charge is 0.343 e. The van der Waals surface area contributed by atoms with Crippen LogP contribution in [0.3, 0.4) is 0 Å². The molecule has 1 saturated carbocycles. The van der Waals surface area contributed by atoms with Gasteiger partial charge in [-0.1, -0.05) is 12.2 Å². The summed E-state index contributed by atoms with van der Waals surface area (Å²) in [6.45, 7) is 3.90. The van der Waals surface area contributed by atoms with Crippen molar-refractivity contribution in [3.05, 3.63) is 23.3 Å². The Morgan fingerprint density at radius 2 is 1.92 bits per heavy atom. The maximum Gasteiger partial charge on any atom is 0.343 e. The number of hydrogen-bond acceptors (Lipinski definition) is 3. The average Bonchev–Trinajstić information content (AvgIpc) is 2.64. The highest BCUT2D eigenvalue weighted by Crippen LogP contribution is 2.53. The number of carbonyl (C=O) groups excluding carboxylic acids is 2. The van der Waals surface area contributed by atoms with Crippen LogP contribution in [0.15, 0.2) is 23.3 Å². The van der Waals surface area contributed by atoms with E-state index >= 15 is 0 Å². The van der Waals surface area contributed by atoms with Crippen LogP contribution in [0.2, 0.25) is 0 Å². The third kappa shape index (κ3) is 0.658. The van der Waals surface area contributed by atoms with E-state index < -0.39 is 11.9 Å². The van der Waals surface area contributed by atoms with E-state index in [1.165, 1.54) is 0 Å². The Morgan fingerprint density at radius 3 is 2.69 bits per heavy atom. The fourth-order valence-electron chi connectivity index (χ4n) is 2.67. The lowest BCUT2D eigenvalue weighted by Crippen LogP contribution is -2.09. The summed E-state index contributed by atoms with van der Waals surface area (Å²) >= 11 is 0. The van der Waals surface area contributed by atoms with Crippen LogP contribution in [0.1, 0.15) is 12.8 Å². The molecule has 3 rings (SSSR count). The fourth-order valence-corrected chi connectivity index (χ4v) is 2.67. The Balaban J connectivity index is 2.19. The second kappa shape index (κ2) is 1.92. The normalized spacial score (nSPS) is 35.8. The van der Waals surface area contributed by atoms with Crippen LogP contribution in [0.25, 0.3) is 0 Å². The van der Waals surface area contributed by atoms with Crippen molar-refractivity contribution in [1.29, 1.82) is 0 Å². The lowest BCUT2D eigenvalue weighted by atomic mass is 9.90. The standard InChI is InChI=1S/C10H8O3/c1-4-2-5-3-6(4)8-7(5)9(11)13-10(8)12/h5-6H,1-3H2. The van der Waals surface area contributed by atoms with Gasteiger partial charge in [-0.15, -0.1) is 0 Å². The zero-order chi connectivity index (χ0) is 9.16. The van der Waals surface area contributed by atoms with Gasteiger partial charge in [0.05, 0.1) is 11.1 Å². The van der Waals surface area contributed by atoms with E-state index in [1.54, 1.807) is 0 Å². The van der Waals surface area contributed by atoms with Crippen molar-refractivity contribution in [2.24, 2.45) is 11.8 Å². The quantitative estimate of drug-likeness (QED) is 0.313. The molecule has 0 N–H and O–H groups in total. The van der Waals surface area contributed by atoms with E-state index in [2.05, 4.69) is 11.3 Å². The largest absolute Gasteiger partial charge is 0.386 e. The molecule has 0 amide bonds. The number of hydrogen-bond donors (Lipinski definition) is 0. The van der Waals surface area contributed by atoms with Crippen molar-refractivity contribution >= 4 is 11.9 Å². The maximum atomic E-state index is 11.3. The lowest BCUT2D eigenvalue weighted by Gasteiger charge is -2.10. The van der Waals surface area contributed by atoms with Crippen LogP contribution in [-0.4, -0.2) is 11.9 Å². The van der Waals surface area contributed by atoms with Gasteiger partial charge in [0.2, 0.25) is 0 Å². The number of esters is 2. The molecule has 0 radical (unpaired) electrons. The molecule has 0 aromatic heterocycles. The summed E-state index contributed by atoms with van der Waals surface area (Å²) in [4.78, 5) is 22.5. The summed E-state index contributed by atoms with van der Waals surface area (Å²) < 4.78 is 4.56. The molecule has 0 aromatic carbocycles. The van der Waals surface area contributed by atoms with Crippen LogP contribution in [-0.2, 0) is 14.3 Å². The Morgan fingerprint density at radius 1 is 1.23 bits per heavy atom. The molecule has 0 aromatic rings. The van der Waals surface area contributed by atoms with Gasteiger partial charge in [-0.25, -0.2) is 9.59 Å². The molecule has 1 heterocycles. The highest BCUT2D eigenvalue weighted by atomic mass is 16.6. The minimum atomic E-state index is -0.437. The summed E-state index contributed by atoms with van der Waals surface area (Å²) in [5.41, 5.74) is 2.32. The van der Waals surface area contributed by atoms with E-state index in [0.717, 1.165) is 18.4 Å². The Bertz CT molecular complexity index is 389. The summed E-state index contributed by atoms with van der Waals surface area (Å²) in [5.74, 6) is -0.529. The number of rotatable bonds is 0. The zero-order valence-corrected chi connectivity index (χ0v) is 7.00. The van der Waals surface area contributed by atoms with Crippen LogP contribution >= 0.6 is 0 Å². The molecule has 3 nitrogen and oxygen atoms in total. The van der Waals surface area contributed by atoms with E-state index in [4.69, 9.17) is 0 Å². The van der Waals surface area contributed by atoms with Crippen LogP contribution in [0.5, 0.6) is 0 Å². The molecule has 0 saturated heterocycles. The maximum absolute atomic E-state index is 11.3. The molecule has 1 aliphatic heterocycles. The van der Waals surface area contributed by atoms with Gasteiger partial charge in [-0.05, 0) is 18.8 Å². The predicted octanol–water partition coefficient (Wildman–Crippen LogP) is 0.962. The monoisotopic (exact) mass is 176 g/mol. The molecule has 66 valence electrons. The molecule has 1 fully saturated rings. The van der Waals surface area contributed by atoms with Gasteiger partial charge in [-0.2, -0.15) is 0 Å². The average molecular weight is 176 g/mol. The molecule has 3 aliphatic rings. The number of carbonyl (C=O) groups is 2. The van der Waals surface area contributed by atoms with Crippen molar-refractivity contribution in [2.45, 2.75) is 12.8 Å². The van der Waals surface area contributed by atoms with Gasteiger partial charge in [0, 0.05) is 5.92 Å². The van der Waals surface area contributed by atoms with Gasteiger partial charge < -0.3 is 4.74 Å². The summed E-state index contributed by atoms with van der Waals surface area (Å²) in [5, 5.41) is 0. The summed E-state index contributed by atoms with van der Waals surface area (Å²) in [7, 11) is 0. The van der Waals surface area contributed by atoms with E-state index in [9.17, 15) is 9.59 Å². The summed E-state index contributed by atoms with van der Waals surface area (Å²) in [6, 6.07) is 0. The van der Waals surface area contributed by atoms with E-state index in [0.29, 0.717) is 11.1 Å². The highest BCUT2D eigenvalue weighted by Gasteiger charge is 2.51. The number of fused-ring (bicyclic) bond motifs is 4. The van der Waals surface area contributed by atoms with Crippen molar-refractivity contribution in [3.8, 4) is 0 Å². The van der Waals surface area contributed by atoms with Crippen molar-refractivity contribution in [2.75, 3.05) is 0 Å². The third-order valence-electron chi connectivity index (χ3n) is 3.19. The second-order valence-corrected chi connectivity index (χ2v) is 3.85. The SMILES string of the molecule is C=C1CC2CC1C1=C2C(=O)OC1=O. The predicted molar refractivity (Wildman–Crippen MR) is 43.5 cm³/mol. The van der Waals surface area contributed by atoms with E-state index in [-0.39, 0.29) is 11.8 Å². The lowest BCUT2D eigenvalue weighted by molar-refractivity contribution is -0.151. The number of allylic oxidation sites excluding steroid dienone is 1. The first-order chi connectivity index (χ1) is 6.18. The van der Waals surface area contributed by atoms with Gasteiger partial charge in [0.15, 0.2) is 0 Å². The van der Waals surface area contributed by atoms with Crippen LogP contribution < -0.4 is 0 Å². The van der Waals surface area contributed by atoms with Crippen LogP contribution in [0, 0.1) is 11.8 Å². The molecule has 2 aliphatic carbocycles. The molecular weight excluding hydrogens is 168 g/mol. The van der Waals surface area contributed by atoms with E-state index in [1.807, 2.05) is 0 Å².